The molecule has 0 fully saturated rings. The van der Waals surface area contributed by atoms with Gasteiger partial charge in [-0.05, 0) is 24.9 Å². The molecule has 0 atom stereocenters. The van der Waals surface area contributed by atoms with Crippen LogP contribution in [-0.2, 0) is 4.79 Å². The maximum atomic E-state index is 10.5. The summed E-state index contributed by atoms with van der Waals surface area (Å²) in [5, 5.41) is -0.320. The van der Waals surface area contributed by atoms with Crippen molar-refractivity contribution < 1.29 is 4.79 Å². The molecule has 0 saturated heterocycles. The third-order valence-electron chi connectivity index (χ3n) is 1.12. The average molecular weight is 147 g/mol. The van der Waals surface area contributed by atoms with E-state index < -0.39 is 0 Å². The largest absolute Gasteiger partial charge is 0.276 e. The first kappa shape index (κ1) is 8.70. The summed E-state index contributed by atoms with van der Waals surface area (Å²) >= 11 is 5.22. The van der Waals surface area contributed by atoms with Gasteiger partial charge in [0.15, 0.2) is 0 Å². The second kappa shape index (κ2) is 4.57. The second-order valence-electron chi connectivity index (χ2n) is 1.84. The summed E-state index contributed by atoms with van der Waals surface area (Å²) in [6.07, 6.45) is 3.52. The molecule has 0 aromatic rings. The van der Waals surface area contributed by atoms with E-state index >= 15 is 0 Å². The van der Waals surface area contributed by atoms with Crippen molar-refractivity contribution in [2.45, 2.75) is 26.7 Å². The van der Waals surface area contributed by atoms with E-state index in [0.717, 1.165) is 18.4 Å². The minimum atomic E-state index is -0.320. The molecule has 2 heteroatoms. The molecule has 0 aromatic heterocycles. The Morgan fingerprint density at radius 2 is 2.22 bits per heavy atom. The van der Waals surface area contributed by atoms with Gasteiger partial charge in [-0.2, -0.15) is 0 Å². The maximum absolute atomic E-state index is 10.5. The Morgan fingerprint density at radius 1 is 1.67 bits per heavy atom. The number of carbonyl (C=O) groups is 1. The number of hydrogen-bond acceptors (Lipinski definition) is 1. The first-order valence-corrected chi connectivity index (χ1v) is 3.45. The van der Waals surface area contributed by atoms with Crippen LogP contribution in [0.15, 0.2) is 11.6 Å². The Hall–Kier alpha value is -0.300. The molecular formula is C7H11ClO. The summed E-state index contributed by atoms with van der Waals surface area (Å²) in [6.45, 7) is 3.84. The zero-order chi connectivity index (χ0) is 7.28. The molecule has 0 amide bonds. The van der Waals surface area contributed by atoms with Crippen LogP contribution in [0.1, 0.15) is 26.7 Å². The third-order valence-corrected chi connectivity index (χ3v) is 1.36. The summed E-state index contributed by atoms with van der Waals surface area (Å²) < 4.78 is 0. The SMILES string of the molecule is CC=C(CCC)C(=O)Cl. The van der Waals surface area contributed by atoms with Crippen molar-refractivity contribution in [3.63, 3.8) is 0 Å². The van der Waals surface area contributed by atoms with Crippen LogP contribution in [-0.4, -0.2) is 5.24 Å². The number of allylic oxidation sites excluding steroid dienone is 2. The Balaban J connectivity index is 3.85. The smallest absolute Gasteiger partial charge is 0.248 e. The first-order chi connectivity index (χ1) is 4.22. The number of rotatable bonds is 3. The fourth-order valence-corrected chi connectivity index (χ4v) is 0.829. The van der Waals surface area contributed by atoms with Crippen LogP contribution in [0.5, 0.6) is 0 Å². The lowest BCUT2D eigenvalue weighted by Crippen LogP contribution is -1.91. The zero-order valence-electron chi connectivity index (χ0n) is 5.78. The second-order valence-corrected chi connectivity index (χ2v) is 2.18. The Labute approximate surface area is 60.7 Å². The molecule has 0 aliphatic carbocycles. The van der Waals surface area contributed by atoms with E-state index in [1.54, 1.807) is 6.08 Å². The molecule has 52 valence electrons. The van der Waals surface area contributed by atoms with Crippen molar-refractivity contribution >= 4 is 16.8 Å². The van der Waals surface area contributed by atoms with Crippen LogP contribution < -0.4 is 0 Å². The predicted octanol–water partition coefficient (Wildman–Crippen LogP) is 2.50. The lowest BCUT2D eigenvalue weighted by Gasteiger charge is -1.94. The molecule has 0 aliphatic rings. The van der Waals surface area contributed by atoms with E-state index in [2.05, 4.69) is 0 Å². The van der Waals surface area contributed by atoms with Crippen LogP contribution in [0.2, 0.25) is 0 Å². The van der Waals surface area contributed by atoms with E-state index in [4.69, 9.17) is 11.6 Å². The van der Waals surface area contributed by atoms with Gasteiger partial charge in [-0.3, -0.25) is 4.79 Å². The number of halogens is 1. The fraction of sp³-hybridized carbons (Fsp3) is 0.571. The van der Waals surface area contributed by atoms with Gasteiger partial charge in [-0.1, -0.05) is 19.4 Å². The van der Waals surface area contributed by atoms with Crippen molar-refractivity contribution in [3.05, 3.63) is 11.6 Å². The molecule has 9 heavy (non-hydrogen) atoms. The fourth-order valence-electron chi connectivity index (χ4n) is 0.625. The summed E-state index contributed by atoms with van der Waals surface area (Å²) in [7, 11) is 0. The van der Waals surface area contributed by atoms with Gasteiger partial charge in [0, 0.05) is 5.57 Å². The van der Waals surface area contributed by atoms with Gasteiger partial charge in [0.1, 0.15) is 0 Å². The first-order valence-electron chi connectivity index (χ1n) is 3.07. The monoisotopic (exact) mass is 146 g/mol. The molecule has 0 aliphatic heterocycles. The van der Waals surface area contributed by atoms with Crippen molar-refractivity contribution in [2.75, 3.05) is 0 Å². The summed E-state index contributed by atoms with van der Waals surface area (Å²) in [6, 6.07) is 0. The van der Waals surface area contributed by atoms with Gasteiger partial charge in [0.05, 0.1) is 0 Å². The Bertz CT molecular complexity index is 127. The zero-order valence-corrected chi connectivity index (χ0v) is 6.53. The molecule has 0 unspecified atom stereocenters. The molecule has 0 N–H and O–H groups in total. The third kappa shape index (κ3) is 3.31. The average Bonchev–Trinajstić information content (AvgIpc) is 1.82. The quantitative estimate of drug-likeness (QED) is 0.442. The van der Waals surface area contributed by atoms with Gasteiger partial charge in [-0.15, -0.1) is 0 Å². The van der Waals surface area contributed by atoms with E-state index in [1.807, 2.05) is 13.8 Å². The molecule has 0 heterocycles. The minimum absolute atomic E-state index is 0.320. The van der Waals surface area contributed by atoms with E-state index in [9.17, 15) is 4.79 Å². The van der Waals surface area contributed by atoms with Gasteiger partial charge >= 0.3 is 0 Å². The van der Waals surface area contributed by atoms with Crippen LogP contribution in [0.4, 0.5) is 0 Å². The van der Waals surface area contributed by atoms with E-state index in [1.165, 1.54) is 0 Å². The van der Waals surface area contributed by atoms with Crippen molar-refractivity contribution in [1.82, 2.24) is 0 Å². The molecule has 0 aromatic carbocycles. The normalized spacial score (nSPS) is 11.7. The molecule has 0 bridgehead atoms. The highest BCUT2D eigenvalue weighted by Gasteiger charge is 2.00. The van der Waals surface area contributed by atoms with Gasteiger partial charge in [0.2, 0.25) is 5.24 Å². The topological polar surface area (TPSA) is 17.1 Å². The molecule has 0 rings (SSSR count). The summed E-state index contributed by atoms with van der Waals surface area (Å²) in [4.78, 5) is 10.5. The lowest BCUT2D eigenvalue weighted by molar-refractivity contribution is -0.108. The molecular weight excluding hydrogens is 136 g/mol. The van der Waals surface area contributed by atoms with E-state index in [-0.39, 0.29) is 5.24 Å². The van der Waals surface area contributed by atoms with Crippen molar-refractivity contribution in [2.24, 2.45) is 0 Å². The molecule has 0 radical (unpaired) electrons. The van der Waals surface area contributed by atoms with Gasteiger partial charge in [-0.25, -0.2) is 0 Å². The van der Waals surface area contributed by atoms with Crippen LogP contribution >= 0.6 is 11.6 Å². The molecule has 0 saturated carbocycles. The standard InChI is InChI=1S/C7H11ClO/c1-3-5-6(4-2)7(8)9/h4H,3,5H2,1-2H3. The molecule has 1 nitrogen and oxygen atoms in total. The van der Waals surface area contributed by atoms with Gasteiger partial charge in [0.25, 0.3) is 0 Å². The summed E-state index contributed by atoms with van der Waals surface area (Å²) in [5.41, 5.74) is 0.721. The predicted molar refractivity (Wildman–Crippen MR) is 39.5 cm³/mol. The summed E-state index contributed by atoms with van der Waals surface area (Å²) in [5.74, 6) is 0. The Morgan fingerprint density at radius 3 is 2.33 bits per heavy atom. The van der Waals surface area contributed by atoms with Crippen LogP contribution in [0.25, 0.3) is 0 Å². The van der Waals surface area contributed by atoms with E-state index in [0.29, 0.717) is 0 Å². The maximum Gasteiger partial charge on any atom is 0.248 e. The van der Waals surface area contributed by atoms with Crippen LogP contribution in [0.3, 0.4) is 0 Å². The Kier molecular flexibility index (Phi) is 4.41. The van der Waals surface area contributed by atoms with Crippen molar-refractivity contribution in [3.8, 4) is 0 Å². The minimum Gasteiger partial charge on any atom is -0.276 e. The highest BCUT2D eigenvalue weighted by molar-refractivity contribution is 6.67. The number of carbonyl (C=O) groups excluding carboxylic acids is 1. The lowest BCUT2D eigenvalue weighted by atomic mass is 10.2. The van der Waals surface area contributed by atoms with Crippen LogP contribution in [0, 0.1) is 0 Å². The highest BCUT2D eigenvalue weighted by Crippen LogP contribution is 2.07. The highest BCUT2D eigenvalue weighted by atomic mass is 35.5. The number of hydrogen-bond donors (Lipinski definition) is 0. The van der Waals surface area contributed by atoms with Gasteiger partial charge < -0.3 is 0 Å². The van der Waals surface area contributed by atoms with Crippen molar-refractivity contribution in [1.29, 1.82) is 0 Å². The molecule has 0 spiro atoms.